The minimum Gasteiger partial charge on any atom is -0.486 e. The molecule has 0 atom stereocenters. The fraction of sp³-hybridized carbons (Fsp3) is 0.0556. The number of amides is 1. The van der Waals surface area contributed by atoms with E-state index in [2.05, 4.69) is 9.97 Å². The Kier molecular flexibility index (Phi) is 4.38. The minimum atomic E-state index is -0.665. The van der Waals surface area contributed by atoms with Gasteiger partial charge in [0.15, 0.2) is 5.82 Å². The van der Waals surface area contributed by atoms with Gasteiger partial charge >= 0.3 is 0 Å². The van der Waals surface area contributed by atoms with Crippen LogP contribution in [-0.4, -0.2) is 15.9 Å². The molecule has 24 heavy (non-hydrogen) atoms. The zero-order chi connectivity index (χ0) is 16.9. The predicted molar refractivity (Wildman–Crippen MR) is 91.2 cm³/mol. The van der Waals surface area contributed by atoms with Gasteiger partial charge in [-0.3, -0.25) is 4.79 Å². The third-order valence-electron chi connectivity index (χ3n) is 3.39. The number of carbonyl (C=O) groups excluding carboxylic acids is 1. The van der Waals surface area contributed by atoms with E-state index >= 15 is 0 Å². The van der Waals surface area contributed by atoms with E-state index < -0.39 is 5.91 Å². The summed E-state index contributed by atoms with van der Waals surface area (Å²) in [7, 11) is 0. The molecule has 0 bridgehead atoms. The number of nitrogens with two attached hydrogens (primary N) is 2. The van der Waals surface area contributed by atoms with E-state index in [1.54, 1.807) is 0 Å². The smallest absolute Gasteiger partial charge is 0.254 e. The van der Waals surface area contributed by atoms with Crippen LogP contribution in [0.15, 0.2) is 60.7 Å². The summed E-state index contributed by atoms with van der Waals surface area (Å²) >= 11 is 0. The lowest BCUT2D eigenvalue weighted by atomic mass is 10.1. The first-order valence-electron chi connectivity index (χ1n) is 7.34. The maximum atomic E-state index is 11.7. The summed E-state index contributed by atoms with van der Waals surface area (Å²) in [5.74, 6) is 0.449. The minimum absolute atomic E-state index is 0.0445. The topological polar surface area (TPSA) is 104 Å². The molecule has 0 unspecified atom stereocenters. The van der Waals surface area contributed by atoms with Crippen molar-refractivity contribution in [1.29, 1.82) is 0 Å². The highest BCUT2D eigenvalue weighted by atomic mass is 16.5. The van der Waals surface area contributed by atoms with Crippen molar-refractivity contribution >= 4 is 11.7 Å². The molecule has 1 heterocycles. The van der Waals surface area contributed by atoms with Crippen molar-refractivity contribution in [2.45, 2.75) is 6.61 Å². The zero-order valence-corrected chi connectivity index (χ0v) is 12.8. The zero-order valence-electron chi connectivity index (χ0n) is 12.8. The molecule has 0 saturated carbocycles. The summed E-state index contributed by atoms with van der Waals surface area (Å²) in [4.78, 5) is 20.3. The maximum Gasteiger partial charge on any atom is 0.254 e. The Labute approximate surface area is 139 Å². The van der Waals surface area contributed by atoms with Crippen molar-refractivity contribution in [3.05, 3.63) is 72.1 Å². The first-order chi connectivity index (χ1) is 11.6. The number of hydrogen-bond donors (Lipinski definition) is 2. The molecule has 0 radical (unpaired) electrons. The standard InChI is InChI=1S/C18H16N4O2/c19-17-15(18(20)23)16(12-7-3-1-4-8-12)21-14(22-17)11-24-13-9-5-2-6-10-13/h1-10H,11H2,(H2,20,23)(H2,19,21,22). The van der Waals surface area contributed by atoms with E-state index in [1.165, 1.54) is 0 Å². The molecule has 1 aromatic heterocycles. The van der Waals surface area contributed by atoms with E-state index in [0.717, 1.165) is 5.56 Å². The van der Waals surface area contributed by atoms with Crippen LogP contribution in [-0.2, 0) is 6.61 Å². The number of rotatable bonds is 5. The van der Waals surface area contributed by atoms with E-state index in [0.29, 0.717) is 17.3 Å². The molecular weight excluding hydrogens is 304 g/mol. The average molecular weight is 320 g/mol. The number of aromatic nitrogens is 2. The fourth-order valence-electron chi connectivity index (χ4n) is 2.30. The molecule has 2 aromatic carbocycles. The van der Waals surface area contributed by atoms with Crippen LogP contribution in [0.2, 0.25) is 0 Å². The number of ether oxygens (including phenoxy) is 1. The number of para-hydroxylation sites is 1. The fourth-order valence-corrected chi connectivity index (χ4v) is 2.30. The summed E-state index contributed by atoms with van der Waals surface area (Å²) in [6.07, 6.45) is 0. The van der Waals surface area contributed by atoms with Crippen LogP contribution < -0.4 is 16.2 Å². The molecule has 0 aliphatic heterocycles. The van der Waals surface area contributed by atoms with Crippen LogP contribution in [0.5, 0.6) is 5.75 Å². The van der Waals surface area contributed by atoms with Crippen molar-refractivity contribution in [3.63, 3.8) is 0 Å². The van der Waals surface area contributed by atoms with Gasteiger partial charge in [-0.2, -0.15) is 0 Å². The van der Waals surface area contributed by atoms with Gasteiger partial charge in [0.1, 0.15) is 23.7 Å². The highest BCUT2D eigenvalue weighted by Gasteiger charge is 2.18. The highest BCUT2D eigenvalue weighted by molar-refractivity contribution is 6.02. The van der Waals surface area contributed by atoms with Crippen LogP contribution in [0.3, 0.4) is 0 Å². The van der Waals surface area contributed by atoms with Gasteiger partial charge in [0, 0.05) is 5.56 Å². The molecule has 4 N–H and O–H groups in total. The molecule has 0 saturated heterocycles. The monoisotopic (exact) mass is 320 g/mol. The van der Waals surface area contributed by atoms with E-state index in [-0.39, 0.29) is 18.0 Å². The lowest BCUT2D eigenvalue weighted by Crippen LogP contribution is -2.19. The number of hydrogen-bond acceptors (Lipinski definition) is 5. The number of primary amides is 1. The molecule has 1 amide bonds. The lowest BCUT2D eigenvalue weighted by Gasteiger charge is -2.11. The summed E-state index contributed by atoms with van der Waals surface area (Å²) in [5, 5.41) is 0. The van der Waals surface area contributed by atoms with E-state index in [1.807, 2.05) is 60.7 Å². The number of nitrogens with zero attached hydrogens (tertiary/aromatic N) is 2. The van der Waals surface area contributed by atoms with E-state index in [9.17, 15) is 4.79 Å². The average Bonchev–Trinajstić information content (AvgIpc) is 2.60. The summed E-state index contributed by atoms with van der Waals surface area (Å²) in [5.41, 5.74) is 12.6. The third-order valence-corrected chi connectivity index (χ3v) is 3.39. The quantitative estimate of drug-likeness (QED) is 0.751. The molecular formula is C18H16N4O2. The number of carbonyl (C=O) groups is 1. The van der Waals surface area contributed by atoms with Crippen LogP contribution in [0.25, 0.3) is 11.3 Å². The van der Waals surface area contributed by atoms with Crippen molar-refractivity contribution in [3.8, 4) is 17.0 Å². The molecule has 3 aromatic rings. The second-order valence-electron chi connectivity index (χ2n) is 5.08. The van der Waals surface area contributed by atoms with Crippen molar-refractivity contribution < 1.29 is 9.53 Å². The van der Waals surface area contributed by atoms with Crippen LogP contribution in [0, 0.1) is 0 Å². The van der Waals surface area contributed by atoms with Crippen molar-refractivity contribution in [1.82, 2.24) is 9.97 Å². The molecule has 0 aliphatic rings. The molecule has 6 heteroatoms. The largest absolute Gasteiger partial charge is 0.486 e. The van der Waals surface area contributed by atoms with Gasteiger partial charge < -0.3 is 16.2 Å². The number of benzene rings is 2. The molecule has 0 spiro atoms. The third kappa shape index (κ3) is 3.33. The Morgan fingerprint density at radius 1 is 0.958 bits per heavy atom. The van der Waals surface area contributed by atoms with Crippen LogP contribution >= 0.6 is 0 Å². The first-order valence-corrected chi connectivity index (χ1v) is 7.34. The van der Waals surface area contributed by atoms with Gasteiger partial charge in [-0.1, -0.05) is 48.5 Å². The first kappa shape index (κ1) is 15.5. The van der Waals surface area contributed by atoms with Crippen molar-refractivity contribution in [2.75, 3.05) is 5.73 Å². The highest BCUT2D eigenvalue weighted by Crippen LogP contribution is 2.25. The Balaban J connectivity index is 1.97. The normalized spacial score (nSPS) is 10.3. The van der Waals surface area contributed by atoms with Gasteiger partial charge in [-0.05, 0) is 12.1 Å². The van der Waals surface area contributed by atoms with E-state index in [4.69, 9.17) is 16.2 Å². The SMILES string of the molecule is NC(=O)c1c(N)nc(COc2ccccc2)nc1-c1ccccc1. The van der Waals surface area contributed by atoms with Crippen LogP contribution in [0.4, 0.5) is 5.82 Å². The van der Waals surface area contributed by atoms with Gasteiger partial charge in [0.05, 0.1) is 5.69 Å². The Morgan fingerprint density at radius 3 is 2.21 bits per heavy atom. The Bertz CT molecular complexity index is 852. The van der Waals surface area contributed by atoms with Crippen LogP contribution in [0.1, 0.15) is 16.2 Å². The predicted octanol–water partition coefficient (Wildman–Crippen LogP) is 2.40. The molecule has 0 aliphatic carbocycles. The molecule has 3 rings (SSSR count). The maximum absolute atomic E-state index is 11.7. The van der Waals surface area contributed by atoms with Crippen molar-refractivity contribution in [2.24, 2.45) is 5.73 Å². The number of anilines is 1. The summed E-state index contributed by atoms with van der Waals surface area (Å²) in [6, 6.07) is 18.5. The van der Waals surface area contributed by atoms with Gasteiger partial charge in [0.2, 0.25) is 0 Å². The molecule has 0 fully saturated rings. The number of nitrogen functional groups attached to an aromatic ring is 1. The lowest BCUT2D eigenvalue weighted by molar-refractivity contribution is 0.100. The second kappa shape index (κ2) is 6.78. The molecule has 6 nitrogen and oxygen atoms in total. The van der Waals surface area contributed by atoms with Gasteiger partial charge in [-0.25, -0.2) is 9.97 Å². The Hall–Kier alpha value is -3.41. The summed E-state index contributed by atoms with van der Waals surface area (Å²) < 4.78 is 5.64. The van der Waals surface area contributed by atoms with Gasteiger partial charge in [0.25, 0.3) is 5.91 Å². The second-order valence-corrected chi connectivity index (χ2v) is 5.08. The summed E-state index contributed by atoms with van der Waals surface area (Å²) in [6.45, 7) is 0.132. The van der Waals surface area contributed by atoms with Gasteiger partial charge in [-0.15, -0.1) is 0 Å². The molecule has 120 valence electrons. The Morgan fingerprint density at radius 2 is 1.58 bits per heavy atom.